The van der Waals surface area contributed by atoms with E-state index >= 15 is 0 Å². The van der Waals surface area contributed by atoms with Crippen LogP contribution in [0.1, 0.15) is 60.9 Å². The minimum Gasteiger partial charge on any atom is -0.496 e. The first-order valence-corrected chi connectivity index (χ1v) is 10.3. The molecule has 0 aliphatic heterocycles. The Kier molecular flexibility index (Phi) is 3.84. The lowest BCUT2D eigenvalue weighted by molar-refractivity contribution is -0.192. The van der Waals surface area contributed by atoms with E-state index in [4.69, 9.17) is 9.47 Å². The number of Topliss-reactive ketones (excluding diaryl/α,β-unsaturated/α-hetero) is 1. The van der Waals surface area contributed by atoms with E-state index in [9.17, 15) is 14.9 Å². The SMILES string of the molecule is COc1cccc2c1CC[C@](C#N)(C(=O)OC13CC4CC(CC(C4)C1)C3)C2=O. The van der Waals surface area contributed by atoms with Gasteiger partial charge in [0, 0.05) is 11.1 Å². The summed E-state index contributed by atoms with van der Waals surface area (Å²) in [4.78, 5) is 26.6. The summed E-state index contributed by atoms with van der Waals surface area (Å²) in [5, 5.41) is 9.94. The van der Waals surface area contributed by atoms with Crippen molar-refractivity contribution < 1.29 is 19.1 Å². The quantitative estimate of drug-likeness (QED) is 0.589. The average Bonchev–Trinajstić information content (AvgIpc) is 2.66. The molecule has 4 fully saturated rings. The van der Waals surface area contributed by atoms with Crippen LogP contribution >= 0.6 is 0 Å². The van der Waals surface area contributed by atoms with E-state index < -0.39 is 22.8 Å². The predicted octanol–water partition coefficient (Wildman–Crippen LogP) is 3.85. The number of carbonyl (C=O) groups excluding carboxylic acids is 2. The zero-order chi connectivity index (χ0) is 19.5. The molecule has 4 saturated carbocycles. The van der Waals surface area contributed by atoms with Crippen LogP contribution in [0.4, 0.5) is 0 Å². The molecule has 4 bridgehead atoms. The number of rotatable bonds is 3. The number of methoxy groups -OCH3 is 1. The zero-order valence-corrected chi connectivity index (χ0v) is 16.2. The van der Waals surface area contributed by atoms with Crippen LogP contribution in [0.2, 0.25) is 0 Å². The second-order valence-electron chi connectivity index (χ2n) is 9.32. The Morgan fingerprint density at radius 3 is 2.36 bits per heavy atom. The molecule has 1 atom stereocenters. The molecule has 5 nitrogen and oxygen atoms in total. The first-order valence-electron chi connectivity index (χ1n) is 10.3. The van der Waals surface area contributed by atoms with Crippen molar-refractivity contribution in [3.63, 3.8) is 0 Å². The highest BCUT2D eigenvalue weighted by Crippen LogP contribution is 2.57. The highest BCUT2D eigenvalue weighted by Gasteiger charge is 2.57. The summed E-state index contributed by atoms with van der Waals surface area (Å²) in [6, 6.07) is 7.28. The standard InChI is InChI=1S/C23H25NO4/c1-27-19-4-2-3-18-17(19)5-6-23(13-24,20(18)25)21(26)28-22-10-14-7-15(11-22)9-16(8-14)12-22/h2-4,14-16H,5-12H2,1H3/t14?,15?,16?,22?,23-/m1/s1. The molecule has 0 spiro atoms. The molecule has 0 saturated heterocycles. The fourth-order valence-corrected chi connectivity index (χ4v) is 6.67. The maximum Gasteiger partial charge on any atom is 0.335 e. The van der Waals surface area contributed by atoms with Crippen LogP contribution in [-0.4, -0.2) is 24.5 Å². The van der Waals surface area contributed by atoms with Crippen LogP contribution in [0.3, 0.4) is 0 Å². The van der Waals surface area contributed by atoms with Crippen molar-refractivity contribution in [3.05, 3.63) is 29.3 Å². The highest BCUT2D eigenvalue weighted by molar-refractivity contribution is 6.16. The van der Waals surface area contributed by atoms with E-state index in [1.807, 2.05) is 0 Å². The second kappa shape index (κ2) is 6.07. The number of benzene rings is 1. The van der Waals surface area contributed by atoms with Gasteiger partial charge in [0.05, 0.1) is 13.2 Å². The number of hydrogen-bond donors (Lipinski definition) is 0. The maximum absolute atomic E-state index is 13.3. The van der Waals surface area contributed by atoms with Crippen molar-refractivity contribution in [2.45, 2.75) is 57.0 Å². The van der Waals surface area contributed by atoms with Gasteiger partial charge in [0.2, 0.25) is 5.41 Å². The van der Waals surface area contributed by atoms with Gasteiger partial charge in [-0.2, -0.15) is 5.26 Å². The molecule has 0 aromatic heterocycles. The molecule has 6 rings (SSSR count). The number of nitrogens with zero attached hydrogens (tertiary/aromatic N) is 1. The molecular formula is C23H25NO4. The van der Waals surface area contributed by atoms with E-state index in [0.717, 1.165) is 24.8 Å². The summed E-state index contributed by atoms with van der Waals surface area (Å²) < 4.78 is 11.5. The van der Waals surface area contributed by atoms with Crippen molar-refractivity contribution in [3.8, 4) is 11.8 Å². The van der Waals surface area contributed by atoms with Gasteiger partial charge in [-0.1, -0.05) is 12.1 Å². The van der Waals surface area contributed by atoms with Crippen LogP contribution in [0.25, 0.3) is 0 Å². The Morgan fingerprint density at radius 1 is 1.14 bits per heavy atom. The fourth-order valence-electron chi connectivity index (χ4n) is 6.67. The number of carbonyl (C=O) groups is 2. The fraction of sp³-hybridized carbons (Fsp3) is 0.609. The van der Waals surface area contributed by atoms with Crippen LogP contribution < -0.4 is 4.74 Å². The minimum absolute atomic E-state index is 0.154. The predicted molar refractivity (Wildman–Crippen MR) is 101 cm³/mol. The maximum atomic E-state index is 13.3. The van der Waals surface area contributed by atoms with Gasteiger partial charge < -0.3 is 9.47 Å². The summed E-state index contributed by atoms with van der Waals surface area (Å²) in [5.74, 6) is 1.45. The second-order valence-corrected chi connectivity index (χ2v) is 9.32. The molecule has 0 N–H and O–H groups in total. The number of hydrogen-bond acceptors (Lipinski definition) is 5. The molecular weight excluding hydrogens is 354 g/mol. The van der Waals surface area contributed by atoms with E-state index in [-0.39, 0.29) is 6.42 Å². The third-order valence-electron chi connectivity index (χ3n) is 7.57. The molecule has 28 heavy (non-hydrogen) atoms. The van der Waals surface area contributed by atoms with Gasteiger partial charge in [0.25, 0.3) is 0 Å². The third kappa shape index (κ3) is 2.43. The summed E-state index contributed by atoms with van der Waals surface area (Å²) in [6.07, 6.45) is 7.01. The van der Waals surface area contributed by atoms with Crippen molar-refractivity contribution >= 4 is 11.8 Å². The Morgan fingerprint density at radius 2 is 1.79 bits per heavy atom. The summed E-state index contributed by atoms with van der Waals surface area (Å²) in [7, 11) is 1.56. The topological polar surface area (TPSA) is 76.4 Å². The van der Waals surface area contributed by atoms with Gasteiger partial charge in [-0.05, 0) is 75.2 Å². The van der Waals surface area contributed by atoms with Gasteiger partial charge in [0.1, 0.15) is 11.4 Å². The van der Waals surface area contributed by atoms with Crippen molar-refractivity contribution in [2.75, 3.05) is 7.11 Å². The molecule has 5 heteroatoms. The number of fused-ring (bicyclic) bond motifs is 1. The first kappa shape index (κ1) is 17.7. The van der Waals surface area contributed by atoms with Crippen LogP contribution in [0.5, 0.6) is 5.75 Å². The van der Waals surface area contributed by atoms with Crippen LogP contribution in [0, 0.1) is 34.5 Å². The summed E-state index contributed by atoms with van der Waals surface area (Å²) in [5.41, 5.74) is -0.995. The van der Waals surface area contributed by atoms with Crippen LogP contribution in [-0.2, 0) is 16.0 Å². The lowest BCUT2D eigenvalue weighted by Crippen LogP contribution is -2.55. The van der Waals surface area contributed by atoms with E-state index in [1.165, 1.54) is 19.3 Å². The largest absolute Gasteiger partial charge is 0.496 e. The van der Waals surface area contributed by atoms with Gasteiger partial charge in [-0.3, -0.25) is 4.79 Å². The highest BCUT2D eigenvalue weighted by atomic mass is 16.6. The smallest absolute Gasteiger partial charge is 0.335 e. The lowest BCUT2D eigenvalue weighted by Gasteiger charge is -2.56. The molecule has 5 aliphatic carbocycles. The van der Waals surface area contributed by atoms with Gasteiger partial charge in [0.15, 0.2) is 5.78 Å². The van der Waals surface area contributed by atoms with E-state index in [0.29, 0.717) is 35.5 Å². The summed E-state index contributed by atoms with van der Waals surface area (Å²) >= 11 is 0. The van der Waals surface area contributed by atoms with Crippen LogP contribution in [0.15, 0.2) is 18.2 Å². The summed E-state index contributed by atoms with van der Waals surface area (Å²) in [6.45, 7) is 0. The molecule has 0 unspecified atom stereocenters. The van der Waals surface area contributed by atoms with Crippen molar-refractivity contribution in [2.24, 2.45) is 23.2 Å². The lowest BCUT2D eigenvalue weighted by atomic mass is 9.54. The van der Waals surface area contributed by atoms with Gasteiger partial charge in [-0.25, -0.2) is 4.79 Å². The third-order valence-corrected chi connectivity index (χ3v) is 7.57. The minimum atomic E-state index is -1.73. The molecule has 5 aliphatic rings. The van der Waals surface area contributed by atoms with Crippen molar-refractivity contribution in [1.29, 1.82) is 5.26 Å². The number of ketones is 1. The number of nitriles is 1. The Labute approximate surface area is 165 Å². The number of esters is 1. The molecule has 0 radical (unpaired) electrons. The van der Waals surface area contributed by atoms with E-state index in [1.54, 1.807) is 25.3 Å². The average molecular weight is 379 g/mol. The van der Waals surface area contributed by atoms with Gasteiger partial charge >= 0.3 is 5.97 Å². The molecule has 1 aromatic carbocycles. The zero-order valence-electron chi connectivity index (χ0n) is 16.2. The molecule has 1 aromatic rings. The van der Waals surface area contributed by atoms with E-state index in [2.05, 4.69) is 6.07 Å². The van der Waals surface area contributed by atoms with Gasteiger partial charge in [-0.15, -0.1) is 0 Å². The Bertz CT molecular complexity index is 863. The Hall–Kier alpha value is -2.35. The first-order chi connectivity index (χ1) is 13.5. The Balaban J connectivity index is 1.45. The molecule has 0 heterocycles. The normalized spacial score (nSPS) is 37.9. The molecule has 0 amide bonds. The van der Waals surface area contributed by atoms with Crippen molar-refractivity contribution in [1.82, 2.24) is 0 Å². The molecule has 146 valence electrons. The number of ether oxygens (including phenoxy) is 2. The monoisotopic (exact) mass is 379 g/mol.